The van der Waals surface area contributed by atoms with Crippen molar-refractivity contribution < 1.29 is 14.6 Å². The van der Waals surface area contributed by atoms with E-state index >= 15 is 0 Å². The number of methoxy groups -OCH3 is 1. The number of carbonyl (C=O) groups is 1. The topological polar surface area (TPSA) is 46.5 Å². The maximum Gasteiger partial charge on any atom is 0.333 e. The van der Waals surface area contributed by atoms with Gasteiger partial charge in [0.25, 0.3) is 0 Å². The van der Waals surface area contributed by atoms with E-state index in [2.05, 4.69) is 0 Å². The molecule has 2 aromatic rings. The number of esters is 1. The van der Waals surface area contributed by atoms with E-state index in [1.807, 2.05) is 12.1 Å². The number of ether oxygens (including phenoxy) is 1. The molecular formula is C20H20Cl2O3. The van der Waals surface area contributed by atoms with Gasteiger partial charge in [-0.2, -0.15) is 0 Å². The van der Waals surface area contributed by atoms with Gasteiger partial charge in [-0.15, -0.1) is 0 Å². The van der Waals surface area contributed by atoms with Gasteiger partial charge in [-0.05, 0) is 48.7 Å². The van der Waals surface area contributed by atoms with Gasteiger partial charge in [0, 0.05) is 21.5 Å². The van der Waals surface area contributed by atoms with Crippen LogP contribution in [-0.2, 0) is 9.53 Å². The molecule has 132 valence electrons. The molecule has 2 rings (SSSR count). The largest absolute Gasteiger partial charge is 0.466 e. The highest BCUT2D eigenvalue weighted by Gasteiger charge is 2.26. The van der Waals surface area contributed by atoms with E-state index < -0.39 is 12.1 Å². The molecule has 0 spiro atoms. The van der Waals surface area contributed by atoms with Crippen LogP contribution in [0.25, 0.3) is 0 Å². The summed E-state index contributed by atoms with van der Waals surface area (Å²) in [5.74, 6) is -0.761. The SMILES string of the molecule is C/C=C(\C[C@H](c1cccc(Cl)c1)[C@@H](O)c1ccc(Cl)cc1)C(=O)OC. The van der Waals surface area contributed by atoms with Crippen LogP contribution in [0.4, 0.5) is 0 Å². The fourth-order valence-electron chi connectivity index (χ4n) is 2.73. The van der Waals surface area contributed by atoms with Crippen LogP contribution in [0, 0.1) is 0 Å². The fourth-order valence-corrected chi connectivity index (χ4v) is 3.05. The van der Waals surface area contributed by atoms with Crippen LogP contribution in [0.15, 0.2) is 60.2 Å². The predicted molar refractivity (Wildman–Crippen MR) is 101 cm³/mol. The van der Waals surface area contributed by atoms with E-state index in [1.165, 1.54) is 7.11 Å². The summed E-state index contributed by atoms with van der Waals surface area (Å²) in [6.45, 7) is 1.77. The van der Waals surface area contributed by atoms with Gasteiger partial charge >= 0.3 is 5.97 Å². The number of aliphatic hydroxyl groups excluding tert-OH is 1. The summed E-state index contributed by atoms with van der Waals surface area (Å²) in [7, 11) is 1.34. The zero-order valence-electron chi connectivity index (χ0n) is 14.1. The van der Waals surface area contributed by atoms with Crippen LogP contribution in [0.1, 0.15) is 36.5 Å². The average Bonchev–Trinajstić information content (AvgIpc) is 2.62. The highest BCUT2D eigenvalue weighted by atomic mass is 35.5. The molecule has 1 N–H and O–H groups in total. The van der Waals surface area contributed by atoms with E-state index in [0.717, 1.165) is 11.1 Å². The third-order valence-corrected chi connectivity index (χ3v) is 4.59. The van der Waals surface area contributed by atoms with E-state index in [0.29, 0.717) is 22.0 Å². The molecule has 2 atom stereocenters. The normalized spacial score (nSPS) is 14.0. The maximum absolute atomic E-state index is 12.0. The van der Waals surface area contributed by atoms with Crippen LogP contribution in [0.3, 0.4) is 0 Å². The van der Waals surface area contributed by atoms with Crippen molar-refractivity contribution in [1.82, 2.24) is 0 Å². The number of carbonyl (C=O) groups excluding carboxylic acids is 1. The molecule has 0 radical (unpaired) electrons. The van der Waals surface area contributed by atoms with Crippen molar-refractivity contribution in [1.29, 1.82) is 0 Å². The van der Waals surface area contributed by atoms with Gasteiger partial charge < -0.3 is 9.84 Å². The Kier molecular flexibility index (Phi) is 7.06. The summed E-state index contributed by atoms with van der Waals surface area (Å²) in [6.07, 6.45) is 1.21. The Balaban J connectivity index is 2.41. The molecule has 0 aliphatic heterocycles. The van der Waals surface area contributed by atoms with Crippen molar-refractivity contribution in [3.8, 4) is 0 Å². The smallest absolute Gasteiger partial charge is 0.333 e. The number of allylic oxidation sites excluding steroid dienone is 1. The average molecular weight is 379 g/mol. The van der Waals surface area contributed by atoms with Gasteiger partial charge in [0.1, 0.15) is 0 Å². The summed E-state index contributed by atoms with van der Waals surface area (Å²) in [5.41, 5.74) is 2.06. The number of aliphatic hydroxyl groups is 1. The van der Waals surface area contributed by atoms with Crippen LogP contribution in [-0.4, -0.2) is 18.2 Å². The van der Waals surface area contributed by atoms with E-state index in [1.54, 1.807) is 49.4 Å². The monoisotopic (exact) mass is 378 g/mol. The van der Waals surface area contributed by atoms with Crippen LogP contribution in [0.2, 0.25) is 10.0 Å². The Labute approximate surface area is 157 Å². The van der Waals surface area contributed by atoms with Gasteiger partial charge in [0.15, 0.2) is 0 Å². The van der Waals surface area contributed by atoms with E-state index in [9.17, 15) is 9.90 Å². The molecule has 0 aliphatic carbocycles. The first kappa shape index (κ1) is 19.5. The third-order valence-electron chi connectivity index (χ3n) is 4.11. The Hall–Kier alpha value is -1.81. The zero-order chi connectivity index (χ0) is 18.4. The number of hydrogen-bond acceptors (Lipinski definition) is 3. The number of hydrogen-bond donors (Lipinski definition) is 1. The number of benzene rings is 2. The van der Waals surface area contributed by atoms with Crippen molar-refractivity contribution in [3.63, 3.8) is 0 Å². The molecule has 3 nitrogen and oxygen atoms in total. The minimum Gasteiger partial charge on any atom is -0.466 e. The van der Waals surface area contributed by atoms with Gasteiger partial charge in [0.05, 0.1) is 13.2 Å². The van der Waals surface area contributed by atoms with Gasteiger partial charge in [0.2, 0.25) is 0 Å². The molecule has 2 aromatic carbocycles. The van der Waals surface area contributed by atoms with Crippen molar-refractivity contribution in [2.45, 2.75) is 25.4 Å². The lowest BCUT2D eigenvalue weighted by Crippen LogP contribution is -2.15. The Bertz CT molecular complexity index is 754. The Morgan fingerprint density at radius 1 is 1.12 bits per heavy atom. The second kappa shape index (κ2) is 9.04. The lowest BCUT2D eigenvalue weighted by atomic mass is 9.84. The van der Waals surface area contributed by atoms with Gasteiger partial charge in [-0.25, -0.2) is 4.79 Å². The second-order valence-corrected chi connectivity index (χ2v) is 6.54. The lowest BCUT2D eigenvalue weighted by Gasteiger charge is -2.25. The maximum atomic E-state index is 12.0. The second-order valence-electron chi connectivity index (χ2n) is 5.67. The lowest BCUT2D eigenvalue weighted by molar-refractivity contribution is -0.136. The van der Waals surface area contributed by atoms with Crippen molar-refractivity contribution >= 4 is 29.2 Å². The Morgan fingerprint density at radius 3 is 2.36 bits per heavy atom. The summed E-state index contributed by atoms with van der Waals surface area (Å²) in [6, 6.07) is 14.3. The highest BCUT2D eigenvalue weighted by Crippen LogP contribution is 2.37. The summed E-state index contributed by atoms with van der Waals surface area (Å²) < 4.78 is 4.83. The minimum absolute atomic E-state index is 0.327. The molecule has 25 heavy (non-hydrogen) atoms. The summed E-state index contributed by atoms with van der Waals surface area (Å²) >= 11 is 12.0. The summed E-state index contributed by atoms with van der Waals surface area (Å²) in [5, 5.41) is 12.1. The van der Waals surface area contributed by atoms with Crippen molar-refractivity contribution in [3.05, 3.63) is 81.4 Å². The molecule has 5 heteroatoms. The van der Waals surface area contributed by atoms with Crippen LogP contribution in [0.5, 0.6) is 0 Å². The third kappa shape index (κ3) is 5.08. The highest BCUT2D eigenvalue weighted by molar-refractivity contribution is 6.30. The number of rotatable bonds is 6. The molecule has 0 unspecified atom stereocenters. The standard InChI is InChI=1S/C20H20Cl2O3/c1-3-13(20(24)25-2)12-18(15-5-4-6-17(22)11-15)19(23)14-7-9-16(21)10-8-14/h3-11,18-19,23H,12H2,1-2H3/b13-3+/t18-,19+/m1/s1. The molecule has 0 fully saturated rings. The van der Waals surface area contributed by atoms with Crippen LogP contribution >= 0.6 is 23.2 Å². The first-order valence-corrected chi connectivity index (χ1v) is 8.64. The molecule has 0 saturated heterocycles. The molecule has 0 amide bonds. The van der Waals surface area contributed by atoms with Gasteiger partial charge in [-0.3, -0.25) is 0 Å². The van der Waals surface area contributed by atoms with Gasteiger partial charge in [-0.1, -0.05) is 53.5 Å². The van der Waals surface area contributed by atoms with Crippen LogP contribution < -0.4 is 0 Å². The summed E-state index contributed by atoms with van der Waals surface area (Å²) in [4.78, 5) is 12.0. The number of halogens is 2. The predicted octanol–water partition coefficient (Wildman–Crippen LogP) is 5.32. The minimum atomic E-state index is -0.824. The van der Waals surface area contributed by atoms with Crippen molar-refractivity contribution in [2.24, 2.45) is 0 Å². The van der Waals surface area contributed by atoms with E-state index in [4.69, 9.17) is 27.9 Å². The molecule has 0 saturated carbocycles. The molecule has 0 aromatic heterocycles. The molecule has 0 heterocycles. The molecule has 0 bridgehead atoms. The molecule has 0 aliphatic rings. The molecular weight excluding hydrogens is 359 g/mol. The van der Waals surface area contributed by atoms with E-state index in [-0.39, 0.29) is 5.92 Å². The first-order chi connectivity index (χ1) is 12.0. The van der Waals surface area contributed by atoms with Crippen molar-refractivity contribution in [2.75, 3.05) is 7.11 Å². The Morgan fingerprint density at radius 2 is 1.80 bits per heavy atom. The quantitative estimate of drug-likeness (QED) is 0.546. The fraction of sp³-hybridized carbons (Fsp3) is 0.250. The first-order valence-electron chi connectivity index (χ1n) is 7.88. The zero-order valence-corrected chi connectivity index (χ0v) is 15.6.